The van der Waals surface area contributed by atoms with Gasteiger partial charge in [0.05, 0.1) is 12.1 Å². The van der Waals surface area contributed by atoms with Crippen LogP contribution in [0.1, 0.15) is 69.0 Å². The zero-order chi connectivity index (χ0) is 32.3. The second-order valence-corrected chi connectivity index (χ2v) is 11.2. The van der Waals surface area contributed by atoms with Crippen LogP contribution in [0.3, 0.4) is 0 Å². The van der Waals surface area contributed by atoms with Gasteiger partial charge in [0, 0.05) is 6.54 Å². The fourth-order valence-electron chi connectivity index (χ4n) is 5.63. The van der Waals surface area contributed by atoms with Crippen LogP contribution in [0, 0.1) is 5.92 Å². The van der Waals surface area contributed by atoms with Crippen molar-refractivity contribution in [3.05, 3.63) is 71.8 Å². The molecule has 2 aliphatic rings. The molecule has 1 aliphatic heterocycles. The Balaban J connectivity index is 0.000000676. The first-order valence-electron chi connectivity index (χ1n) is 14.9. The molecule has 1 aliphatic carbocycles. The lowest BCUT2D eigenvalue weighted by Gasteiger charge is -2.35. The quantitative estimate of drug-likeness (QED) is 0.334. The van der Waals surface area contributed by atoms with Crippen LogP contribution in [-0.2, 0) is 19.2 Å². The molecule has 1 heterocycles. The summed E-state index contributed by atoms with van der Waals surface area (Å²) in [5.74, 6) is -3.12. The van der Waals surface area contributed by atoms with Crippen LogP contribution in [0.5, 0.6) is 0 Å². The topological polar surface area (TPSA) is 128 Å². The Labute approximate surface area is 255 Å². The molecule has 1 saturated carbocycles. The summed E-state index contributed by atoms with van der Waals surface area (Å²) >= 11 is 0. The minimum absolute atomic E-state index is 0.0972. The lowest BCUT2D eigenvalue weighted by molar-refractivity contribution is -0.192. The SMILES string of the molecule is CNC(C)C(=O)NC(C(=O)N1CCCC1C(=O)NC(c1ccccc1)c1ccccc1)C1CCCCC1.O=C(O)C(F)(F)F. The summed E-state index contributed by atoms with van der Waals surface area (Å²) in [7, 11) is 1.73. The second-order valence-electron chi connectivity index (χ2n) is 11.2. The van der Waals surface area contributed by atoms with Crippen LogP contribution in [-0.4, -0.2) is 71.6 Å². The first kappa shape index (κ1) is 34.6. The minimum Gasteiger partial charge on any atom is -0.475 e. The number of rotatable bonds is 9. The fourth-order valence-corrected chi connectivity index (χ4v) is 5.63. The number of benzene rings is 2. The molecular formula is C32H41F3N4O5. The molecule has 0 bridgehead atoms. The number of carbonyl (C=O) groups is 4. The smallest absolute Gasteiger partial charge is 0.475 e. The first-order chi connectivity index (χ1) is 20.9. The Kier molecular flexibility index (Phi) is 12.7. The van der Waals surface area contributed by atoms with Crippen molar-refractivity contribution >= 4 is 23.7 Å². The number of hydrogen-bond donors (Lipinski definition) is 4. The zero-order valence-corrected chi connectivity index (χ0v) is 25.0. The Morgan fingerprint density at radius 3 is 1.84 bits per heavy atom. The number of nitrogens with one attached hydrogen (secondary N) is 3. The highest BCUT2D eigenvalue weighted by atomic mass is 19.4. The van der Waals surface area contributed by atoms with E-state index >= 15 is 0 Å². The standard InChI is InChI=1S/C30H40N4O3.C2HF3O2/c1-21(31-2)28(35)33-27(24-17-10-5-11-18-24)30(37)34-20-12-19-25(34)29(36)32-26(22-13-6-3-7-14-22)23-15-8-4-9-16-23;3-2(4,5)1(6)7/h3-4,6-9,13-16,21,24-27,31H,5,10-12,17-20H2,1-2H3,(H,32,36)(H,33,35);(H,6,7). The van der Waals surface area contributed by atoms with E-state index in [0.717, 1.165) is 49.7 Å². The molecule has 0 radical (unpaired) electrons. The van der Waals surface area contributed by atoms with Gasteiger partial charge in [0.15, 0.2) is 0 Å². The van der Waals surface area contributed by atoms with Crippen molar-refractivity contribution in [2.45, 2.75) is 82.2 Å². The number of carbonyl (C=O) groups excluding carboxylic acids is 3. The molecule has 3 amide bonds. The second kappa shape index (κ2) is 16.2. The van der Waals surface area contributed by atoms with E-state index in [-0.39, 0.29) is 29.7 Å². The molecule has 4 N–H and O–H groups in total. The van der Waals surface area contributed by atoms with E-state index in [0.29, 0.717) is 13.0 Å². The van der Waals surface area contributed by atoms with Crippen molar-refractivity contribution in [3.8, 4) is 0 Å². The monoisotopic (exact) mass is 618 g/mol. The number of aliphatic carboxylic acids is 1. The first-order valence-corrected chi connectivity index (χ1v) is 14.9. The van der Waals surface area contributed by atoms with Crippen molar-refractivity contribution in [1.29, 1.82) is 0 Å². The number of carboxylic acid groups (broad SMARTS) is 1. The van der Waals surface area contributed by atoms with Gasteiger partial charge in [-0.1, -0.05) is 79.9 Å². The molecule has 12 heteroatoms. The van der Waals surface area contributed by atoms with E-state index < -0.39 is 30.3 Å². The Morgan fingerprint density at radius 2 is 1.36 bits per heavy atom. The molecular weight excluding hydrogens is 577 g/mol. The molecule has 44 heavy (non-hydrogen) atoms. The van der Waals surface area contributed by atoms with Crippen LogP contribution in [0.2, 0.25) is 0 Å². The summed E-state index contributed by atoms with van der Waals surface area (Å²) in [6.07, 6.45) is 1.42. The van der Waals surface area contributed by atoms with Crippen LogP contribution < -0.4 is 16.0 Å². The maximum Gasteiger partial charge on any atom is 0.490 e. The summed E-state index contributed by atoms with van der Waals surface area (Å²) in [5, 5.41) is 16.4. The van der Waals surface area contributed by atoms with E-state index in [1.54, 1.807) is 18.9 Å². The number of halogens is 3. The third-order valence-corrected chi connectivity index (χ3v) is 8.14. The van der Waals surface area contributed by atoms with E-state index in [4.69, 9.17) is 9.90 Å². The summed E-state index contributed by atoms with van der Waals surface area (Å²) in [6, 6.07) is 18.0. The molecule has 4 rings (SSSR count). The summed E-state index contributed by atoms with van der Waals surface area (Å²) < 4.78 is 31.7. The molecule has 9 nitrogen and oxygen atoms in total. The molecule has 2 aromatic carbocycles. The number of nitrogens with zero attached hydrogens (tertiary/aromatic N) is 1. The van der Waals surface area contributed by atoms with Crippen LogP contribution in [0.15, 0.2) is 60.7 Å². The average molecular weight is 619 g/mol. The van der Waals surface area contributed by atoms with Gasteiger partial charge in [-0.25, -0.2) is 4.79 Å². The number of carboxylic acids is 1. The highest BCUT2D eigenvalue weighted by Gasteiger charge is 2.41. The van der Waals surface area contributed by atoms with Crippen LogP contribution in [0.4, 0.5) is 13.2 Å². The van der Waals surface area contributed by atoms with Gasteiger partial charge in [-0.05, 0) is 56.7 Å². The van der Waals surface area contributed by atoms with E-state index in [1.165, 1.54) is 0 Å². The number of alkyl halides is 3. The number of amides is 3. The van der Waals surface area contributed by atoms with Crippen molar-refractivity contribution in [2.24, 2.45) is 5.92 Å². The maximum atomic E-state index is 13.9. The Morgan fingerprint density at radius 1 is 0.841 bits per heavy atom. The molecule has 0 aromatic heterocycles. The van der Waals surface area contributed by atoms with E-state index in [2.05, 4.69) is 16.0 Å². The van der Waals surface area contributed by atoms with Crippen molar-refractivity contribution in [1.82, 2.24) is 20.9 Å². The van der Waals surface area contributed by atoms with Gasteiger partial charge in [-0.3, -0.25) is 14.4 Å². The van der Waals surface area contributed by atoms with Gasteiger partial charge in [0.25, 0.3) is 0 Å². The molecule has 0 spiro atoms. The summed E-state index contributed by atoms with van der Waals surface area (Å²) in [4.78, 5) is 51.0. The third kappa shape index (κ3) is 9.54. The lowest BCUT2D eigenvalue weighted by atomic mass is 9.83. The van der Waals surface area contributed by atoms with E-state index in [9.17, 15) is 27.6 Å². The van der Waals surface area contributed by atoms with Gasteiger partial charge in [-0.2, -0.15) is 13.2 Å². The number of likely N-dealkylation sites (tertiary alicyclic amines) is 1. The lowest BCUT2D eigenvalue weighted by Crippen LogP contribution is -2.58. The molecule has 3 atom stereocenters. The Hall–Kier alpha value is -3.93. The van der Waals surface area contributed by atoms with Gasteiger partial charge >= 0.3 is 12.1 Å². The van der Waals surface area contributed by atoms with Crippen molar-refractivity contribution < 1.29 is 37.5 Å². The van der Waals surface area contributed by atoms with Gasteiger partial charge in [0.1, 0.15) is 12.1 Å². The van der Waals surface area contributed by atoms with Gasteiger partial charge in [-0.15, -0.1) is 0 Å². The predicted octanol–water partition coefficient (Wildman–Crippen LogP) is 4.19. The summed E-state index contributed by atoms with van der Waals surface area (Å²) in [6.45, 7) is 2.32. The van der Waals surface area contributed by atoms with E-state index in [1.807, 2.05) is 60.7 Å². The largest absolute Gasteiger partial charge is 0.490 e. The minimum atomic E-state index is -5.08. The molecule has 2 aromatic rings. The number of likely N-dealkylation sites (N-methyl/N-ethyl adjacent to an activating group) is 1. The highest BCUT2D eigenvalue weighted by molar-refractivity contribution is 5.93. The average Bonchev–Trinajstić information content (AvgIpc) is 3.53. The van der Waals surface area contributed by atoms with Crippen molar-refractivity contribution in [2.75, 3.05) is 13.6 Å². The highest BCUT2D eigenvalue weighted by Crippen LogP contribution is 2.30. The molecule has 240 valence electrons. The molecule has 1 saturated heterocycles. The van der Waals surface area contributed by atoms with Crippen LogP contribution >= 0.6 is 0 Å². The number of hydrogen-bond acceptors (Lipinski definition) is 5. The maximum absolute atomic E-state index is 13.9. The summed E-state index contributed by atoms with van der Waals surface area (Å²) in [5.41, 5.74) is 1.98. The normalized spacial score (nSPS) is 18.5. The molecule has 2 fully saturated rings. The van der Waals surface area contributed by atoms with Crippen LogP contribution in [0.25, 0.3) is 0 Å². The predicted molar refractivity (Wildman–Crippen MR) is 158 cm³/mol. The Bertz CT molecular complexity index is 1200. The zero-order valence-electron chi connectivity index (χ0n) is 25.0. The van der Waals surface area contributed by atoms with Gasteiger partial charge in [0.2, 0.25) is 17.7 Å². The molecule has 3 unspecified atom stereocenters. The van der Waals surface area contributed by atoms with Crippen molar-refractivity contribution in [3.63, 3.8) is 0 Å². The van der Waals surface area contributed by atoms with Gasteiger partial charge < -0.3 is 26.0 Å². The fraction of sp³-hybridized carbons (Fsp3) is 0.500. The third-order valence-electron chi connectivity index (χ3n) is 8.14.